The van der Waals surface area contributed by atoms with Crippen molar-refractivity contribution in [3.63, 3.8) is 0 Å². The van der Waals surface area contributed by atoms with Crippen molar-refractivity contribution < 1.29 is 5.11 Å². The number of aromatic nitrogens is 1. The summed E-state index contributed by atoms with van der Waals surface area (Å²) in [6, 6.07) is 6.69. The van der Waals surface area contributed by atoms with Crippen LogP contribution in [0.25, 0.3) is 10.9 Å². The average molecular weight is 353 g/mol. The summed E-state index contributed by atoms with van der Waals surface area (Å²) in [6.45, 7) is 4.31. The monoisotopic (exact) mass is 353 g/mol. The first kappa shape index (κ1) is 16.5. The summed E-state index contributed by atoms with van der Waals surface area (Å²) >= 11 is 0. The minimum absolute atomic E-state index is 0.00885. The van der Waals surface area contributed by atoms with Gasteiger partial charge >= 0.3 is 0 Å². The molecule has 0 saturated carbocycles. The summed E-state index contributed by atoms with van der Waals surface area (Å²) in [4.78, 5) is 20.3. The van der Waals surface area contributed by atoms with Gasteiger partial charge in [0.15, 0.2) is 0 Å². The minimum Gasteiger partial charge on any atom is -0.390 e. The maximum absolute atomic E-state index is 12.6. The van der Waals surface area contributed by atoms with E-state index in [2.05, 4.69) is 33.0 Å². The molecule has 2 N–H and O–H groups in total. The van der Waals surface area contributed by atoms with E-state index in [1.54, 1.807) is 0 Å². The molecule has 2 aliphatic heterocycles. The molecule has 0 unspecified atom stereocenters. The summed E-state index contributed by atoms with van der Waals surface area (Å²) in [7, 11) is 0. The molecular weight excluding hydrogens is 326 g/mol. The molecule has 5 rings (SSSR count). The van der Waals surface area contributed by atoms with Crippen molar-refractivity contribution in [2.75, 3.05) is 26.2 Å². The fourth-order valence-electron chi connectivity index (χ4n) is 5.09. The molecule has 1 aromatic heterocycles. The molecule has 5 heteroatoms. The quantitative estimate of drug-likeness (QED) is 0.881. The number of fused-ring (bicyclic) bond motifs is 2. The Labute approximate surface area is 153 Å². The lowest BCUT2D eigenvalue weighted by molar-refractivity contribution is 0.0978. The minimum atomic E-state index is -0.309. The number of H-pyrrole nitrogens is 1. The van der Waals surface area contributed by atoms with Crippen molar-refractivity contribution in [2.24, 2.45) is 0 Å². The second-order valence-electron chi connectivity index (χ2n) is 8.26. The fourth-order valence-corrected chi connectivity index (χ4v) is 5.09. The molecule has 5 nitrogen and oxygen atoms in total. The van der Waals surface area contributed by atoms with Crippen LogP contribution in [-0.2, 0) is 19.4 Å². The predicted octanol–water partition coefficient (Wildman–Crippen LogP) is 1.66. The van der Waals surface area contributed by atoms with Crippen LogP contribution < -0.4 is 5.56 Å². The van der Waals surface area contributed by atoms with Gasteiger partial charge in [-0.05, 0) is 79.9 Å². The Balaban J connectivity index is 1.38. The van der Waals surface area contributed by atoms with Gasteiger partial charge in [0.2, 0.25) is 0 Å². The zero-order chi connectivity index (χ0) is 17.7. The molecule has 26 heavy (non-hydrogen) atoms. The molecule has 3 heterocycles. The first-order chi connectivity index (χ1) is 12.7. The van der Waals surface area contributed by atoms with Gasteiger partial charge in [0.25, 0.3) is 5.56 Å². The highest BCUT2D eigenvalue weighted by atomic mass is 16.3. The van der Waals surface area contributed by atoms with Crippen LogP contribution in [-0.4, -0.2) is 58.2 Å². The van der Waals surface area contributed by atoms with E-state index in [0.29, 0.717) is 13.1 Å². The van der Waals surface area contributed by atoms with Gasteiger partial charge in [-0.15, -0.1) is 0 Å². The van der Waals surface area contributed by atoms with Crippen LogP contribution in [0.5, 0.6) is 0 Å². The molecule has 2 fully saturated rings. The summed E-state index contributed by atoms with van der Waals surface area (Å²) in [5.74, 6) is 0. The number of aliphatic hydroxyl groups is 1. The van der Waals surface area contributed by atoms with E-state index in [-0.39, 0.29) is 17.7 Å². The molecule has 2 aromatic rings. The van der Waals surface area contributed by atoms with Gasteiger partial charge < -0.3 is 10.1 Å². The highest BCUT2D eigenvalue weighted by Crippen LogP contribution is 2.27. The number of nitrogens with one attached hydrogen (secondary N) is 1. The van der Waals surface area contributed by atoms with Crippen molar-refractivity contribution in [2.45, 2.75) is 50.8 Å². The molecule has 3 aliphatic rings. The Morgan fingerprint density at radius 1 is 1.04 bits per heavy atom. The molecule has 0 radical (unpaired) electrons. The van der Waals surface area contributed by atoms with E-state index < -0.39 is 0 Å². The van der Waals surface area contributed by atoms with E-state index >= 15 is 0 Å². The van der Waals surface area contributed by atoms with E-state index in [0.717, 1.165) is 48.9 Å². The van der Waals surface area contributed by atoms with Crippen LogP contribution in [0.2, 0.25) is 0 Å². The van der Waals surface area contributed by atoms with Gasteiger partial charge in [0, 0.05) is 36.8 Å². The Morgan fingerprint density at radius 3 is 2.62 bits per heavy atom. The highest BCUT2D eigenvalue weighted by Gasteiger charge is 2.36. The van der Waals surface area contributed by atoms with Crippen molar-refractivity contribution in [1.82, 2.24) is 14.8 Å². The summed E-state index contributed by atoms with van der Waals surface area (Å²) in [6.07, 6.45) is 5.65. The van der Waals surface area contributed by atoms with Crippen molar-refractivity contribution in [1.29, 1.82) is 0 Å². The number of hydrogen-bond donors (Lipinski definition) is 2. The lowest BCUT2D eigenvalue weighted by Gasteiger charge is -2.25. The first-order valence-corrected chi connectivity index (χ1v) is 9.99. The Kier molecular flexibility index (Phi) is 4.11. The van der Waals surface area contributed by atoms with E-state index in [4.69, 9.17) is 0 Å². The number of aliphatic hydroxyl groups excluding tert-OH is 1. The number of hydrogen-bond acceptors (Lipinski definition) is 4. The third kappa shape index (κ3) is 2.88. The number of nitrogens with zero attached hydrogens (tertiary/aromatic N) is 2. The topological polar surface area (TPSA) is 59.6 Å². The van der Waals surface area contributed by atoms with Crippen LogP contribution in [0.3, 0.4) is 0 Å². The third-order valence-electron chi connectivity index (χ3n) is 6.47. The second kappa shape index (κ2) is 6.48. The van der Waals surface area contributed by atoms with Gasteiger partial charge in [-0.3, -0.25) is 14.6 Å². The Morgan fingerprint density at radius 2 is 1.81 bits per heavy atom. The summed E-state index contributed by atoms with van der Waals surface area (Å²) in [5, 5.41) is 11.6. The number of aromatic amines is 1. The first-order valence-electron chi connectivity index (χ1n) is 9.99. The SMILES string of the molecule is O=c1[nH]c2cc3c(cc2cc1CN1C[C@@H](O)[C@H](N2CCCC2)C1)CCC3. The Hall–Kier alpha value is -1.69. The van der Waals surface area contributed by atoms with Crippen LogP contribution >= 0.6 is 0 Å². The zero-order valence-electron chi connectivity index (χ0n) is 15.2. The number of β-amino-alcohol motifs (C(OH)–C–C–N with tert-alkyl or cyclic N) is 1. The van der Waals surface area contributed by atoms with Gasteiger partial charge in [0.05, 0.1) is 6.10 Å². The van der Waals surface area contributed by atoms with E-state index in [9.17, 15) is 9.90 Å². The lowest BCUT2D eigenvalue weighted by atomic mass is 10.0. The van der Waals surface area contributed by atoms with E-state index in [1.165, 1.54) is 30.4 Å². The van der Waals surface area contributed by atoms with Crippen molar-refractivity contribution in [3.05, 3.63) is 45.2 Å². The number of benzene rings is 1. The van der Waals surface area contributed by atoms with Crippen molar-refractivity contribution >= 4 is 10.9 Å². The number of pyridine rings is 1. The maximum Gasteiger partial charge on any atom is 0.252 e. The van der Waals surface area contributed by atoms with Crippen molar-refractivity contribution in [3.8, 4) is 0 Å². The number of rotatable bonds is 3. The van der Waals surface area contributed by atoms with Gasteiger partial charge in [-0.1, -0.05) is 0 Å². The van der Waals surface area contributed by atoms with Gasteiger partial charge in [-0.25, -0.2) is 0 Å². The highest BCUT2D eigenvalue weighted by molar-refractivity contribution is 5.81. The molecule has 138 valence electrons. The number of aryl methyl sites for hydroxylation is 2. The smallest absolute Gasteiger partial charge is 0.252 e. The van der Waals surface area contributed by atoms with Crippen LogP contribution in [0.15, 0.2) is 23.0 Å². The van der Waals surface area contributed by atoms with Crippen LogP contribution in [0.4, 0.5) is 0 Å². The molecule has 0 spiro atoms. The number of likely N-dealkylation sites (tertiary alicyclic amines) is 2. The van der Waals surface area contributed by atoms with Crippen LogP contribution in [0, 0.1) is 0 Å². The fraction of sp³-hybridized carbons (Fsp3) is 0.571. The largest absolute Gasteiger partial charge is 0.390 e. The normalized spacial score (nSPS) is 26.8. The lowest BCUT2D eigenvalue weighted by Crippen LogP contribution is -2.41. The Bertz CT molecular complexity index is 885. The molecular formula is C21H27N3O2. The molecule has 1 aliphatic carbocycles. The molecule has 0 amide bonds. The standard InChI is InChI=1S/C21H27N3O2/c25-20-13-23(12-19(20)24-6-1-2-7-24)11-17-9-16-8-14-4-3-5-15(14)10-18(16)22-21(17)26/h8-10,19-20,25H,1-7,11-13H2,(H,22,26)/t19-,20-/m1/s1. The molecule has 0 bridgehead atoms. The van der Waals surface area contributed by atoms with Crippen LogP contribution in [0.1, 0.15) is 36.0 Å². The zero-order valence-corrected chi connectivity index (χ0v) is 15.2. The summed E-state index contributed by atoms with van der Waals surface area (Å²) in [5.41, 5.74) is 4.59. The molecule has 2 atom stereocenters. The van der Waals surface area contributed by atoms with Gasteiger partial charge in [0.1, 0.15) is 0 Å². The predicted molar refractivity (Wildman–Crippen MR) is 102 cm³/mol. The average Bonchev–Trinajstić information content (AvgIpc) is 3.34. The van der Waals surface area contributed by atoms with Gasteiger partial charge in [-0.2, -0.15) is 0 Å². The molecule has 2 saturated heterocycles. The summed E-state index contributed by atoms with van der Waals surface area (Å²) < 4.78 is 0. The molecule has 1 aromatic carbocycles. The third-order valence-corrected chi connectivity index (χ3v) is 6.47. The maximum atomic E-state index is 12.6. The van der Waals surface area contributed by atoms with E-state index in [1.807, 2.05) is 0 Å². The second-order valence-corrected chi connectivity index (χ2v) is 8.26.